The van der Waals surface area contributed by atoms with Crippen LogP contribution in [-0.2, 0) is 17.7 Å². The number of fused-ring (bicyclic) bond motifs is 1. The largest absolute Gasteiger partial charge is 0.414 e. The lowest BCUT2D eigenvalue weighted by Gasteiger charge is -2.51. The van der Waals surface area contributed by atoms with E-state index in [-0.39, 0.29) is 28.8 Å². The van der Waals surface area contributed by atoms with Gasteiger partial charge in [0.1, 0.15) is 26.1 Å². The molecule has 0 aromatic carbocycles. The molecular weight excluding hydrogens is 377 g/mol. The number of nitriles is 1. The van der Waals surface area contributed by atoms with E-state index in [0.29, 0.717) is 0 Å². The molecule has 0 bridgehead atoms. The quantitative estimate of drug-likeness (QED) is 0.566. The molecule has 0 spiro atoms. The molecule has 0 aromatic heterocycles. The highest BCUT2D eigenvalue weighted by Crippen LogP contribution is 2.48. The summed E-state index contributed by atoms with van der Waals surface area (Å²) in [5.41, 5.74) is -1.29. The van der Waals surface area contributed by atoms with E-state index in [1.54, 1.807) is 0 Å². The summed E-state index contributed by atoms with van der Waals surface area (Å²) < 4.78 is 25.9. The lowest BCUT2D eigenvalue weighted by atomic mass is 9.81. The molecule has 2 unspecified atom stereocenters. The molecule has 0 saturated carbocycles. The molecule has 0 aliphatic carbocycles. The maximum atomic E-state index is 10.9. The van der Waals surface area contributed by atoms with Gasteiger partial charge in [-0.05, 0) is 22.2 Å². The Morgan fingerprint density at radius 1 is 1.00 bits per heavy atom. The lowest BCUT2D eigenvalue weighted by molar-refractivity contribution is -0.0443. The van der Waals surface area contributed by atoms with E-state index in [2.05, 4.69) is 55.4 Å². The maximum Gasteiger partial charge on any atom is 0.335 e. The van der Waals surface area contributed by atoms with Crippen molar-refractivity contribution < 1.29 is 22.8 Å². The van der Waals surface area contributed by atoms with Crippen molar-refractivity contribution in [3.05, 3.63) is 0 Å². The molecule has 6 nitrogen and oxygen atoms in total. The number of rotatable bonds is 4. The van der Waals surface area contributed by atoms with Gasteiger partial charge in [-0.15, -0.1) is 0 Å². The highest BCUT2D eigenvalue weighted by molar-refractivity contribution is 6.84. The van der Waals surface area contributed by atoms with E-state index in [0.717, 1.165) is 0 Å². The Morgan fingerprint density at radius 3 is 1.89 bits per heavy atom. The van der Waals surface area contributed by atoms with Gasteiger partial charge in [0.05, 0.1) is 12.6 Å². The highest BCUT2D eigenvalue weighted by atomic mass is 28.5. The van der Waals surface area contributed by atoms with Crippen LogP contribution in [0.2, 0.25) is 22.2 Å². The molecule has 152 valence electrons. The first-order valence-corrected chi connectivity index (χ1v) is 13.9. The number of hydrogen-bond donors (Lipinski definition) is 1. The van der Waals surface area contributed by atoms with Crippen LogP contribution >= 0.6 is 0 Å². The summed E-state index contributed by atoms with van der Waals surface area (Å²) in [6, 6.07) is 0.783. The molecule has 2 rings (SSSR count). The number of aliphatic hydroxyl groups is 1. The minimum atomic E-state index is -2.91. The molecule has 2 saturated heterocycles. The molecule has 27 heavy (non-hydrogen) atoms. The molecule has 2 fully saturated rings. The van der Waals surface area contributed by atoms with Crippen molar-refractivity contribution in [2.75, 3.05) is 6.61 Å². The Hall–Kier alpha value is -0.211. The first kappa shape index (κ1) is 23.1. The Kier molecular flexibility index (Phi) is 6.75. The third-order valence-corrected chi connectivity index (χ3v) is 16.3. The number of nitrogens with zero attached hydrogens (tertiary/aromatic N) is 1. The molecule has 4 atom stereocenters. The summed E-state index contributed by atoms with van der Waals surface area (Å²) in [6.07, 6.45) is -1.48. The van der Waals surface area contributed by atoms with Crippen LogP contribution in [-0.4, -0.2) is 60.5 Å². The van der Waals surface area contributed by atoms with Gasteiger partial charge in [0.2, 0.25) is 0 Å². The van der Waals surface area contributed by atoms with Gasteiger partial charge in [0.25, 0.3) is 0 Å². The van der Waals surface area contributed by atoms with Gasteiger partial charge in [-0.2, -0.15) is 5.26 Å². The second-order valence-electron chi connectivity index (χ2n) is 9.05. The standard InChI is InChI=1S/C18H34BNO5Si2/c1-11(2)26(12(3)4)22-9-15-16(18(21,10-20)17(19)23-15)24-27(25-26,13(5)6)14(7)8/h11-17,21H,9H2,1-8H3/t15-,16?,17-,18?/m1/s1. The predicted molar refractivity (Wildman–Crippen MR) is 109 cm³/mol. The van der Waals surface area contributed by atoms with Crippen LogP contribution in [0, 0.1) is 11.3 Å². The van der Waals surface area contributed by atoms with Gasteiger partial charge < -0.3 is 22.8 Å². The first-order chi connectivity index (χ1) is 12.4. The van der Waals surface area contributed by atoms with Crippen molar-refractivity contribution in [1.29, 1.82) is 5.26 Å². The third-order valence-electron chi connectivity index (χ3n) is 6.03. The fourth-order valence-corrected chi connectivity index (χ4v) is 15.6. The van der Waals surface area contributed by atoms with Crippen LogP contribution in [0.3, 0.4) is 0 Å². The monoisotopic (exact) mass is 411 g/mol. The normalized spacial score (nSPS) is 35.9. The van der Waals surface area contributed by atoms with Gasteiger partial charge >= 0.3 is 17.1 Å². The molecular formula is C18H34BNO5Si2. The minimum Gasteiger partial charge on any atom is -0.414 e. The maximum absolute atomic E-state index is 10.9. The van der Waals surface area contributed by atoms with Crippen LogP contribution in [0.15, 0.2) is 0 Å². The average Bonchev–Trinajstić information content (AvgIpc) is 2.78. The Bertz CT molecular complexity index is 567. The van der Waals surface area contributed by atoms with Gasteiger partial charge in [0.15, 0.2) is 5.60 Å². The minimum absolute atomic E-state index is 0.101. The fraction of sp³-hybridized carbons (Fsp3) is 0.944. The molecule has 1 N–H and O–H groups in total. The van der Waals surface area contributed by atoms with Crippen LogP contribution in [0.25, 0.3) is 0 Å². The highest BCUT2D eigenvalue weighted by Gasteiger charge is 2.64. The van der Waals surface area contributed by atoms with Gasteiger partial charge in [-0.1, -0.05) is 55.4 Å². The van der Waals surface area contributed by atoms with E-state index in [1.165, 1.54) is 0 Å². The SMILES string of the molecule is [B][C@@H]1O[C@@H]2CO[Si](C(C)C)(C(C)C)O[Si](C(C)C)(C(C)C)OC2C1(O)C#N. The van der Waals surface area contributed by atoms with Crippen molar-refractivity contribution in [2.45, 2.75) is 101 Å². The summed E-state index contributed by atoms with van der Waals surface area (Å²) >= 11 is 0. The zero-order valence-corrected chi connectivity index (χ0v) is 19.9. The van der Waals surface area contributed by atoms with Gasteiger partial charge in [0, 0.05) is 0 Å². The van der Waals surface area contributed by atoms with Crippen molar-refractivity contribution in [1.82, 2.24) is 0 Å². The second-order valence-corrected chi connectivity index (χ2v) is 17.9. The van der Waals surface area contributed by atoms with Gasteiger partial charge in [-0.3, -0.25) is 0 Å². The molecule has 9 heteroatoms. The number of hydrogen-bond acceptors (Lipinski definition) is 6. The van der Waals surface area contributed by atoms with E-state index in [9.17, 15) is 10.4 Å². The lowest BCUT2D eigenvalue weighted by Crippen LogP contribution is -2.67. The molecule has 0 amide bonds. The summed E-state index contributed by atoms with van der Waals surface area (Å²) in [4.78, 5) is 0. The van der Waals surface area contributed by atoms with Crippen molar-refractivity contribution in [2.24, 2.45) is 0 Å². The molecule has 2 radical (unpaired) electrons. The zero-order chi connectivity index (χ0) is 20.8. The van der Waals surface area contributed by atoms with Crippen molar-refractivity contribution >= 4 is 25.0 Å². The van der Waals surface area contributed by atoms with Crippen molar-refractivity contribution in [3.8, 4) is 6.07 Å². The number of ether oxygens (including phenoxy) is 1. The molecule has 2 aliphatic rings. The summed E-state index contributed by atoms with van der Waals surface area (Å²) in [5, 5.41) is 20.5. The topological polar surface area (TPSA) is 80.9 Å². The van der Waals surface area contributed by atoms with Crippen LogP contribution in [0.5, 0.6) is 0 Å². The summed E-state index contributed by atoms with van der Waals surface area (Å²) in [6.45, 7) is 17.1. The predicted octanol–water partition coefficient (Wildman–Crippen LogP) is 3.09. The van der Waals surface area contributed by atoms with Gasteiger partial charge in [-0.25, -0.2) is 0 Å². The molecule has 2 heterocycles. The van der Waals surface area contributed by atoms with E-state index in [1.807, 2.05) is 6.07 Å². The smallest absolute Gasteiger partial charge is 0.335 e. The Balaban J connectivity index is 2.62. The van der Waals surface area contributed by atoms with Crippen molar-refractivity contribution in [3.63, 3.8) is 0 Å². The first-order valence-electron chi connectivity index (χ1n) is 9.94. The van der Waals surface area contributed by atoms with E-state index in [4.69, 9.17) is 25.6 Å². The second kappa shape index (κ2) is 7.90. The average molecular weight is 411 g/mol. The molecule has 0 aromatic rings. The Labute approximate surface area is 167 Å². The summed E-state index contributed by atoms with van der Waals surface area (Å²) in [5.74, 6) is 0. The third kappa shape index (κ3) is 3.59. The Morgan fingerprint density at radius 2 is 1.48 bits per heavy atom. The van der Waals surface area contributed by atoms with Crippen LogP contribution in [0.4, 0.5) is 0 Å². The van der Waals surface area contributed by atoms with Crippen LogP contribution in [0.1, 0.15) is 55.4 Å². The van der Waals surface area contributed by atoms with E-state index >= 15 is 0 Å². The fourth-order valence-electron chi connectivity index (χ4n) is 4.35. The van der Waals surface area contributed by atoms with Crippen LogP contribution < -0.4 is 0 Å². The zero-order valence-electron chi connectivity index (χ0n) is 17.9. The van der Waals surface area contributed by atoms with E-state index < -0.39 is 40.9 Å². The summed E-state index contributed by atoms with van der Waals surface area (Å²) in [7, 11) is 0.390. The molecule has 2 aliphatic heterocycles.